The molecule has 21 heavy (non-hydrogen) atoms. The average Bonchev–Trinajstić information content (AvgIpc) is 2.48. The highest BCUT2D eigenvalue weighted by Gasteiger charge is 2.07. The number of nitrogens with one attached hydrogen (secondary N) is 1. The molecule has 6 heteroatoms. The Balaban J connectivity index is 2.23. The third-order valence-electron chi connectivity index (χ3n) is 2.87. The Morgan fingerprint density at radius 3 is 2.62 bits per heavy atom. The predicted octanol–water partition coefficient (Wildman–Crippen LogP) is 2.09. The molecule has 2 aromatic rings. The van der Waals surface area contributed by atoms with Crippen LogP contribution in [0, 0.1) is 0 Å². The zero-order chi connectivity index (χ0) is 15.2. The molecule has 1 aromatic carbocycles. The highest BCUT2D eigenvalue weighted by atomic mass is 35.5. The molecule has 0 saturated heterocycles. The molecule has 0 aliphatic rings. The molecular weight excluding hydrogens is 290 g/mol. The van der Waals surface area contributed by atoms with Gasteiger partial charge in [-0.15, -0.1) is 0 Å². The number of amides is 1. The third-order valence-corrected chi connectivity index (χ3v) is 3.12. The Morgan fingerprint density at radius 1 is 1.24 bits per heavy atom. The number of carbonyl (C=O) groups is 1. The monoisotopic (exact) mass is 305 g/mol. The molecule has 0 aliphatic heterocycles. The van der Waals surface area contributed by atoms with E-state index in [1.165, 1.54) is 6.07 Å². The van der Waals surface area contributed by atoms with Gasteiger partial charge in [0.1, 0.15) is 6.54 Å². The van der Waals surface area contributed by atoms with Gasteiger partial charge in [0.25, 0.3) is 5.56 Å². The lowest BCUT2D eigenvalue weighted by atomic mass is 10.1. The maximum atomic E-state index is 11.8. The summed E-state index contributed by atoms with van der Waals surface area (Å²) in [6.45, 7) is 2.47. The van der Waals surface area contributed by atoms with Crippen LogP contribution in [0.15, 0.2) is 41.2 Å². The van der Waals surface area contributed by atoms with E-state index in [9.17, 15) is 9.59 Å². The summed E-state index contributed by atoms with van der Waals surface area (Å²) in [5.41, 5.74) is 1.15. The van der Waals surface area contributed by atoms with Crippen molar-refractivity contribution >= 4 is 17.5 Å². The van der Waals surface area contributed by atoms with E-state index in [1.54, 1.807) is 18.2 Å². The first-order valence-corrected chi connectivity index (χ1v) is 7.08. The van der Waals surface area contributed by atoms with Crippen molar-refractivity contribution in [1.29, 1.82) is 0 Å². The Kier molecular flexibility index (Phi) is 5.11. The first-order valence-electron chi connectivity index (χ1n) is 6.71. The second kappa shape index (κ2) is 7.04. The topological polar surface area (TPSA) is 64.0 Å². The molecule has 0 radical (unpaired) electrons. The lowest BCUT2D eigenvalue weighted by Gasteiger charge is -2.07. The molecule has 1 heterocycles. The van der Waals surface area contributed by atoms with Crippen LogP contribution in [0.3, 0.4) is 0 Å². The maximum Gasteiger partial charge on any atom is 0.267 e. The molecule has 1 N–H and O–H groups in total. The van der Waals surface area contributed by atoms with Crippen LogP contribution in [0.1, 0.15) is 13.3 Å². The Hall–Kier alpha value is -2.14. The van der Waals surface area contributed by atoms with Crippen molar-refractivity contribution in [2.75, 3.05) is 6.54 Å². The van der Waals surface area contributed by atoms with Gasteiger partial charge in [-0.05, 0) is 24.6 Å². The van der Waals surface area contributed by atoms with E-state index in [1.807, 2.05) is 19.1 Å². The van der Waals surface area contributed by atoms with Crippen LogP contribution in [0.5, 0.6) is 0 Å². The van der Waals surface area contributed by atoms with Crippen LogP contribution >= 0.6 is 11.6 Å². The van der Waals surface area contributed by atoms with E-state index in [2.05, 4.69) is 10.4 Å². The van der Waals surface area contributed by atoms with Crippen molar-refractivity contribution in [3.8, 4) is 11.3 Å². The summed E-state index contributed by atoms with van der Waals surface area (Å²) in [6, 6.07) is 10.2. The molecule has 2 rings (SSSR count). The van der Waals surface area contributed by atoms with Crippen molar-refractivity contribution < 1.29 is 4.79 Å². The van der Waals surface area contributed by atoms with Crippen LogP contribution in [-0.2, 0) is 11.3 Å². The number of hydrogen-bond donors (Lipinski definition) is 1. The summed E-state index contributed by atoms with van der Waals surface area (Å²) in [5.74, 6) is -0.222. The standard InChI is InChI=1S/C15H16ClN3O2/c1-2-9-17-14(20)10-19-15(21)8-7-13(18-19)11-3-5-12(16)6-4-11/h3-8H,2,9-10H2,1H3,(H,17,20). The van der Waals surface area contributed by atoms with Gasteiger partial charge in [0.2, 0.25) is 5.91 Å². The number of carbonyl (C=O) groups excluding carboxylic acids is 1. The second-order valence-electron chi connectivity index (χ2n) is 4.57. The van der Waals surface area contributed by atoms with Gasteiger partial charge in [0.15, 0.2) is 0 Å². The van der Waals surface area contributed by atoms with Crippen molar-refractivity contribution in [1.82, 2.24) is 15.1 Å². The van der Waals surface area contributed by atoms with Gasteiger partial charge in [0, 0.05) is 23.2 Å². The quantitative estimate of drug-likeness (QED) is 0.920. The fraction of sp³-hybridized carbons (Fsp3) is 0.267. The molecule has 0 fully saturated rings. The van der Waals surface area contributed by atoms with Crippen molar-refractivity contribution in [2.24, 2.45) is 0 Å². The van der Waals surface area contributed by atoms with Gasteiger partial charge in [-0.1, -0.05) is 30.7 Å². The Bertz CT molecular complexity index is 680. The van der Waals surface area contributed by atoms with E-state index in [-0.39, 0.29) is 18.0 Å². The average molecular weight is 306 g/mol. The number of benzene rings is 1. The maximum absolute atomic E-state index is 11.8. The molecule has 1 aromatic heterocycles. The van der Waals surface area contributed by atoms with E-state index in [0.717, 1.165) is 16.7 Å². The van der Waals surface area contributed by atoms with E-state index >= 15 is 0 Å². The molecule has 0 spiro atoms. The summed E-state index contributed by atoms with van der Waals surface area (Å²) in [4.78, 5) is 23.5. The number of nitrogens with zero attached hydrogens (tertiary/aromatic N) is 2. The van der Waals surface area contributed by atoms with E-state index in [0.29, 0.717) is 17.3 Å². The fourth-order valence-electron chi connectivity index (χ4n) is 1.79. The van der Waals surface area contributed by atoms with E-state index < -0.39 is 0 Å². The molecular formula is C15H16ClN3O2. The predicted molar refractivity (Wildman–Crippen MR) is 82.2 cm³/mol. The van der Waals surface area contributed by atoms with Gasteiger partial charge < -0.3 is 5.32 Å². The van der Waals surface area contributed by atoms with Gasteiger partial charge in [-0.3, -0.25) is 9.59 Å². The summed E-state index contributed by atoms with van der Waals surface area (Å²) in [7, 11) is 0. The molecule has 0 atom stereocenters. The Labute approximate surface area is 127 Å². The molecule has 1 amide bonds. The number of hydrogen-bond acceptors (Lipinski definition) is 3. The smallest absolute Gasteiger partial charge is 0.267 e. The zero-order valence-electron chi connectivity index (χ0n) is 11.7. The van der Waals surface area contributed by atoms with Gasteiger partial charge in [-0.25, -0.2) is 4.68 Å². The van der Waals surface area contributed by atoms with Crippen molar-refractivity contribution in [2.45, 2.75) is 19.9 Å². The SMILES string of the molecule is CCCNC(=O)Cn1nc(-c2ccc(Cl)cc2)ccc1=O. The number of rotatable bonds is 5. The van der Waals surface area contributed by atoms with Crippen LogP contribution in [-0.4, -0.2) is 22.2 Å². The molecule has 0 unspecified atom stereocenters. The van der Waals surface area contributed by atoms with E-state index in [4.69, 9.17) is 11.6 Å². The van der Waals surface area contributed by atoms with Gasteiger partial charge in [0.05, 0.1) is 5.69 Å². The minimum atomic E-state index is -0.306. The van der Waals surface area contributed by atoms with Crippen LogP contribution in [0.25, 0.3) is 11.3 Å². The van der Waals surface area contributed by atoms with Crippen molar-refractivity contribution in [3.05, 3.63) is 51.8 Å². The molecule has 5 nitrogen and oxygen atoms in total. The molecule has 110 valence electrons. The number of aromatic nitrogens is 2. The van der Waals surface area contributed by atoms with Crippen molar-refractivity contribution in [3.63, 3.8) is 0 Å². The first-order chi connectivity index (χ1) is 10.1. The van der Waals surface area contributed by atoms with Gasteiger partial charge in [-0.2, -0.15) is 5.10 Å². The lowest BCUT2D eigenvalue weighted by molar-refractivity contribution is -0.121. The normalized spacial score (nSPS) is 10.4. The highest BCUT2D eigenvalue weighted by molar-refractivity contribution is 6.30. The summed E-state index contributed by atoms with van der Waals surface area (Å²) in [6.07, 6.45) is 0.846. The minimum absolute atomic E-state index is 0.0831. The largest absolute Gasteiger partial charge is 0.355 e. The summed E-state index contributed by atoms with van der Waals surface area (Å²) in [5, 5.41) is 7.57. The third kappa shape index (κ3) is 4.16. The molecule has 0 bridgehead atoms. The van der Waals surface area contributed by atoms with Crippen LogP contribution in [0.2, 0.25) is 5.02 Å². The zero-order valence-corrected chi connectivity index (χ0v) is 12.4. The first kappa shape index (κ1) is 15.3. The molecule has 0 saturated carbocycles. The lowest BCUT2D eigenvalue weighted by Crippen LogP contribution is -2.33. The Morgan fingerprint density at radius 2 is 1.95 bits per heavy atom. The molecule has 0 aliphatic carbocycles. The van der Waals surface area contributed by atoms with Gasteiger partial charge >= 0.3 is 0 Å². The second-order valence-corrected chi connectivity index (χ2v) is 5.01. The highest BCUT2D eigenvalue weighted by Crippen LogP contribution is 2.18. The fourth-order valence-corrected chi connectivity index (χ4v) is 1.92. The number of halogens is 1. The minimum Gasteiger partial charge on any atom is -0.355 e. The van der Waals surface area contributed by atoms with Crippen LogP contribution < -0.4 is 10.9 Å². The summed E-state index contributed by atoms with van der Waals surface area (Å²) < 4.78 is 1.16. The summed E-state index contributed by atoms with van der Waals surface area (Å²) >= 11 is 5.84. The van der Waals surface area contributed by atoms with Crippen LogP contribution in [0.4, 0.5) is 0 Å².